The molecule has 1 aromatic heterocycles. The lowest BCUT2D eigenvalue weighted by Gasteiger charge is -2.34. The minimum Gasteiger partial charge on any atom is -0.340 e. The molecule has 2 aromatic carbocycles. The summed E-state index contributed by atoms with van der Waals surface area (Å²) < 4.78 is 13.0. The third kappa shape index (κ3) is 4.64. The predicted octanol–water partition coefficient (Wildman–Crippen LogP) is 3.84. The van der Waals surface area contributed by atoms with Crippen LogP contribution < -0.4 is 0 Å². The van der Waals surface area contributed by atoms with Crippen molar-refractivity contribution in [3.8, 4) is 10.6 Å². The van der Waals surface area contributed by atoms with E-state index in [9.17, 15) is 9.18 Å². The maximum atomic E-state index is 13.0. The van der Waals surface area contributed by atoms with Gasteiger partial charge in [-0.3, -0.25) is 9.69 Å². The van der Waals surface area contributed by atoms with Crippen molar-refractivity contribution in [1.29, 1.82) is 0 Å². The van der Waals surface area contributed by atoms with E-state index in [1.54, 1.807) is 23.5 Å². The number of hydrogen-bond donors (Lipinski definition) is 0. The maximum Gasteiger partial charge on any atom is 0.227 e. The molecule has 2 heterocycles. The first-order chi connectivity index (χ1) is 13.7. The Hall–Kier alpha value is -2.57. The van der Waals surface area contributed by atoms with Crippen LogP contribution in [0.3, 0.4) is 0 Å². The van der Waals surface area contributed by atoms with Gasteiger partial charge in [-0.2, -0.15) is 0 Å². The molecule has 1 fully saturated rings. The van der Waals surface area contributed by atoms with Crippen molar-refractivity contribution >= 4 is 17.2 Å². The molecule has 1 amide bonds. The van der Waals surface area contributed by atoms with Crippen LogP contribution in [0, 0.1) is 5.82 Å². The highest BCUT2D eigenvalue weighted by Gasteiger charge is 2.21. The minimum absolute atomic E-state index is 0.103. The molecule has 1 saturated heterocycles. The van der Waals surface area contributed by atoms with Crippen molar-refractivity contribution < 1.29 is 9.18 Å². The van der Waals surface area contributed by atoms with Gasteiger partial charge in [0, 0.05) is 43.7 Å². The van der Waals surface area contributed by atoms with Crippen LogP contribution in [0.5, 0.6) is 0 Å². The zero-order chi connectivity index (χ0) is 19.3. The first-order valence-corrected chi connectivity index (χ1v) is 10.3. The fraction of sp³-hybridized carbons (Fsp3) is 0.273. The van der Waals surface area contributed by atoms with E-state index in [-0.39, 0.29) is 11.7 Å². The number of amides is 1. The molecular weight excluding hydrogens is 373 g/mol. The highest BCUT2D eigenvalue weighted by Crippen LogP contribution is 2.24. The maximum absolute atomic E-state index is 13.0. The molecule has 0 bridgehead atoms. The number of piperazine rings is 1. The average molecular weight is 396 g/mol. The Kier molecular flexibility index (Phi) is 5.78. The second kappa shape index (κ2) is 8.63. The minimum atomic E-state index is -0.276. The summed E-state index contributed by atoms with van der Waals surface area (Å²) in [5.74, 6) is -0.173. The summed E-state index contributed by atoms with van der Waals surface area (Å²) in [6.07, 6.45) is 0.326. The van der Waals surface area contributed by atoms with Crippen LogP contribution >= 0.6 is 11.3 Å². The second-order valence-electron chi connectivity index (χ2n) is 6.97. The third-order valence-corrected chi connectivity index (χ3v) is 5.89. The Morgan fingerprint density at radius 2 is 1.71 bits per heavy atom. The zero-order valence-electron chi connectivity index (χ0n) is 15.6. The van der Waals surface area contributed by atoms with Crippen LogP contribution in [0.25, 0.3) is 10.6 Å². The number of nitrogens with zero attached hydrogens (tertiary/aromatic N) is 3. The second-order valence-corrected chi connectivity index (χ2v) is 7.83. The summed E-state index contributed by atoms with van der Waals surface area (Å²) >= 11 is 1.67. The molecule has 0 atom stereocenters. The highest BCUT2D eigenvalue weighted by atomic mass is 32.1. The molecule has 4 nitrogen and oxygen atoms in total. The fourth-order valence-electron chi connectivity index (χ4n) is 3.37. The SMILES string of the molecule is O=C(Cc1ccc(F)cc1)N1CCN(Cc2csc(-c3ccccc3)n2)CC1. The number of halogens is 1. The summed E-state index contributed by atoms with van der Waals surface area (Å²) in [5.41, 5.74) is 3.08. The smallest absolute Gasteiger partial charge is 0.227 e. The van der Waals surface area contributed by atoms with Crippen molar-refractivity contribution in [1.82, 2.24) is 14.8 Å². The molecule has 0 spiro atoms. The summed E-state index contributed by atoms with van der Waals surface area (Å²) in [7, 11) is 0. The number of carbonyl (C=O) groups is 1. The van der Waals surface area contributed by atoms with Gasteiger partial charge in [0.15, 0.2) is 0 Å². The van der Waals surface area contributed by atoms with Gasteiger partial charge in [0.25, 0.3) is 0 Å². The Labute approximate surface area is 168 Å². The van der Waals surface area contributed by atoms with Gasteiger partial charge in [0.1, 0.15) is 10.8 Å². The Balaban J connectivity index is 1.28. The molecule has 0 radical (unpaired) electrons. The van der Waals surface area contributed by atoms with E-state index >= 15 is 0 Å². The molecule has 1 aliphatic rings. The number of aromatic nitrogens is 1. The van der Waals surface area contributed by atoms with Crippen LogP contribution in [0.2, 0.25) is 0 Å². The molecular formula is C22H22FN3OS. The lowest BCUT2D eigenvalue weighted by molar-refractivity contribution is -0.132. The molecule has 0 unspecified atom stereocenters. The number of hydrogen-bond acceptors (Lipinski definition) is 4. The first-order valence-electron chi connectivity index (χ1n) is 9.42. The van der Waals surface area contributed by atoms with Gasteiger partial charge in [0.05, 0.1) is 12.1 Å². The predicted molar refractivity (Wildman–Crippen MR) is 110 cm³/mol. The van der Waals surface area contributed by atoms with Gasteiger partial charge in [-0.1, -0.05) is 42.5 Å². The van der Waals surface area contributed by atoms with Crippen molar-refractivity contribution in [2.75, 3.05) is 26.2 Å². The summed E-state index contributed by atoms with van der Waals surface area (Å²) in [6, 6.07) is 16.4. The van der Waals surface area contributed by atoms with Gasteiger partial charge in [0.2, 0.25) is 5.91 Å². The standard InChI is InChI=1S/C22H22FN3OS/c23-19-8-6-17(7-9-19)14-21(27)26-12-10-25(11-13-26)15-20-16-28-22(24-20)18-4-2-1-3-5-18/h1-9,16H,10-15H2. The first kappa shape index (κ1) is 18.8. The number of benzene rings is 2. The molecule has 6 heteroatoms. The fourth-order valence-corrected chi connectivity index (χ4v) is 4.18. The zero-order valence-corrected chi connectivity index (χ0v) is 16.4. The van der Waals surface area contributed by atoms with E-state index in [1.165, 1.54) is 12.1 Å². The average Bonchev–Trinajstić information content (AvgIpc) is 3.19. The van der Waals surface area contributed by atoms with Crippen LogP contribution in [-0.4, -0.2) is 46.9 Å². The van der Waals surface area contributed by atoms with E-state index < -0.39 is 0 Å². The van der Waals surface area contributed by atoms with Gasteiger partial charge in [-0.15, -0.1) is 11.3 Å². The van der Waals surface area contributed by atoms with E-state index in [2.05, 4.69) is 22.4 Å². The van der Waals surface area contributed by atoms with Gasteiger partial charge >= 0.3 is 0 Å². The van der Waals surface area contributed by atoms with E-state index in [1.807, 2.05) is 23.1 Å². The molecule has 1 aliphatic heterocycles. The van der Waals surface area contributed by atoms with Crippen LogP contribution in [-0.2, 0) is 17.8 Å². The Bertz CT molecular complexity index is 918. The van der Waals surface area contributed by atoms with E-state index in [4.69, 9.17) is 4.98 Å². The topological polar surface area (TPSA) is 36.4 Å². The molecule has 0 N–H and O–H groups in total. The van der Waals surface area contributed by atoms with E-state index in [0.29, 0.717) is 6.42 Å². The number of thiazole rings is 1. The lowest BCUT2D eigenvalue weighted by atomic mass is 10.1. The molecule has 144 valence electrons. The summed E-state index contributed by atoms with van der Waals surface area (Å²) in [5, 5.41) is 3.16. The monoisotopic (exact) mass is 395 g/mol. The highest BCUT2D eigenvalue weighted by molar-refractivity contribution is 7.13. The number of rotatable bonds is 5. The molecule has 0 saturated carbocycles. The summed E-state index contributed by atoms with van der Waals surface area (Å²) in [4.78, 5) is 21.5. The van der Waals surface area contributed by atoms with Crippen LogP contribution in [0.1, 0.15) is 11.3 Å². The Morgan fingerprint density at radius 1 is 1.00 bits per heavy atom. The molecule has 28 heavy (non-hydrogen) atoms. The van der Waals surface area contributed by atoms with Crippen molar-refractivity contribution in [2.45, 2.75) is 13.0 Å². The number of carbonyl (C=O) groups excluding carboxylic acids is 1. The largest absolute Gasteiger partial charge is 0.340 e. The van der Waals surface area contributed by atoms with Gasteiger partial charge < -0.3 is 4.90 Å². The van der Waals surface area contributed by atoms with Gasteiger partial charge in [-0.25, -0.2) is 9.37 Å². The van der Waals surface area contributed by atoms with E-state index in [0.717, 1.165) is 54.6 Å². The quantitative estimate of drug-likeness (QED) is 0.659. The normalized spacial score (nSPS) is 15.0. The van der Waals surface area contributed by atoms with Crippen LogP contribution in [0.15, 0.2) is 60.0 Å². The molecule has 0 aliphatic carbocycles. The summed E-state index contributed by atoms with van der Waals surface area (Å²) in [6.45, 7) is 3.93. The molecule has 3 aromatic rings. The van der Waals surface area contributed by atoms with Gasteiger partial charge in [-0.05, 0) is 17.7 Å². The van der Waals surface area contributed by atoms with Crippen molar-refractivity contribution in [2.24, 2.45) is 0 Å². The lowest BCUT2D eigenvalue weighted by Crippen LogP contribution is -2.48. The Morgan fingerprint density at radius 3 is 2.43 bits per heavy atom. The molecule has 4 rings (SSSR count). The van der Waals surface area contributed by atoms with Crippen molar-refractivity contribution in [3.63, 3.8) is 0 Å². The third-order valence-electron chi connectivity index (χ3n) is 4.95. The van der Waals surface area contributed by atoms with Crippen LogP contribution in [0.4, 0.5) is 4.39 Å². The van der Waals surface area contributed by atoms with Crippen molar-refractivity contribution in [3.05, 3.63) is 77.1 Å².